The van der Waals surface area contributed by atoms with Crippen LogP contribution in [0.4, 0.5) is 0 Å². The van der Waals surface area contributed by atoms with Crippen molar-refractivity contribution in [2.75, 3.05) is 26.5 Å². The van der Waals surface area contributed by atoms with E-state index in [4.69, 9.17) is 16.3 Å². The first-order valence-corrected chi connectivity index (χ1v) is 11.3. The summed E-state index contributed by atoms with van der Waals surface area (Å²) in [6, 6.07) is 4.82. The highest BCUT2D eigenvalue weighted by atomic mass is 35.5. The normalized spacial score (nSPS) is 16.4. The third-order valence-electron chi connectivity index (χ3n) is 4.27. The molecular formula is C17H20ClN3O4S2. The molecule has 0 saturated carbocycles. The molecule has 1 fully saturated rings. The van der Waals surface area contributed by atoms with E-state index < -0.39 is 15.9 Å². The van der Waals surface area contributed by atoms with Crippen LogP contribution in [-0.4, -0.2) is 49.7 Å². The van der Waals surface area contributed by atoms with Gasteiger partial charge in [0.1, 0.15) is 5.75 Å². The molecule has 0 radical (unpaired) electrons. The van der Waals surface area contributed by atoms with Crippen LogP contribution in [0, 0.1) is 12.8 Å². The summed E-state index contributed by atoms with van der Waals surface area (Å²) in [5.74, 6) is 0.176. The Morgan fingerprint density at radius 3 is 2.74 bits per heavy atom. The number of hydrogen-bond donors (Lipinski definition) is 0. The van der Waals surface area contributed by atoms with Gasteiger partial charge in [0.25, 0.3) is 5.91 Å². The molecule has 0 aliphatic carbocycles. The molecule has 2 heterocycles. The Kier molecular flexibility index (Phi) is 5.76. The number of aryl methyl sites for hydroxylation is 1. The molecule has 10 heteroatoms. The Balaban J connectivity index is 1.84. The van der Waals surface area contributed by atoms with Gasteiger partial charge in [-0.25, -0.2) is 12.7 Å². The van der Waals surface area contributed by atoms with E-state index in [9.17, 15) is 13.2 Å². The smallest absolute Gasteiger partial charge is 0.283 e. The first-order chi connectivity index (χ1) is 12.7. The van der Waals surface area contributed by atoms with Gasteiger partial charge in [0.2, 0.25) is 10.0 Å². The Morgan fingerprint density at radius 1 is 1.41 bits per heavy atom. The van der Waals surface area contributed by atoms with Crippen molar-refractivity contribution in [1.29, 1.82) is 0 Å². The molecule has 3 rings (SSSR count). The number of nitrogens with zero attached hydrogens (tertiary/aromatic N) is 3. The molecule has 0 N–H and O–H groups in total. The van der Waals surface area contributed by atoms with Crippen molar-refractivity contribution in [3.05, 3.63) is 44.7 Å². The maximum atomic E-state index is 12.7. The number of halogens is 1. The van der Waals surface area contributed by atoms with E-state index in [0.717, 1.165) is 4.88 Å². The number of amides is 1. The number of sulfonamides is 1. The van der Waals surface area contributed by atoms with E-state index in [1.807, 2.05) is 17.7 Å². The summed E-state index contributed by atoms with van der Waals surface area (Å²) in [5.41, 5.74) is 0.300. The zero-order valence-electron chi connectivity index (χ0n) is 15.2. The van der Waals surface area contributed by atoms with Crippen LogP contribution < -0.4 is 9.54 Å². The Bertz CT molecular complexity index is 1040. The number of carbonyl (C=O) groups is 1. The van der Waals surface area contributed by atoms with Gasteiger partial charge in [0.15, 0.2) is 4.80 Å². The molecule has 0 unspecified atom stereocenters. The molecule has 0 spiro atoms. The van der Waals surface area contributed by atoms with E-state index in [2.05, 4.69) is 4.99 Å². The fourth-order valence-electron chi connectivity index (χ4n) is 2.90. The highest BCUT2D eigenvalue weighted by Crippen LogP contribution is 2.24. The summed E-state index contributed by atoms with van der Waals surface area (Å²) in [6.45, 7) is 3.51. The number of thiazole rings is 1. The zero-order valence-corrected chi connectivity index (χ0v) is 17.6. The van der Waals surface area contributed by atoms with Crippen molar-refractivity contribution < 1.29 is 17.9 Å². The minimum Gasteiger partial charge on any atom is -0.496 e. The van der Waals surface area contributed by atoms with Crippen LogP contribution in [-0.2, 0) is 16.6 Å². The van der Waals surface area contributed by atoms with Crippen molar-refractivity contribution in [1.82, 2.24) is 8.87 Å². The minimum atomic E-state index is -3.14. The predicted molar refractivity (Wildman–Crippen MR) is 105 cm³/mol. The van der Waals surface area contributed by atoms with E-state index >= 15 is 0 Å². The van der Waals surface area contributed by atoms with Crippen molar-refractivity contribution in [3.63, 3.8) is 0 Å². The molecule has 27 heavy (non-hydrogen) atoms. The number of ether oxygens (including phenoxy) is 1. The SMILES string of the molecule is COc1ccc(Cl)cc1C(=O)/N=c1\sc(C)cn1CC1CN(S(C)(=O)=O)C1. The van der Waals surface area contributed by atoms with Crippen LogP contribution in [0.25, 0.3) is 0 Å². The van der Waals surface area contributed by atoms with Crippen LogP contribution in [0.15, 0.2) is 29.4 Å². The summed E-state index contributed by atoms with van der Waals surface area (Å²) < 4.78 is 31.6. The molecule has 1 aliphatic rings. The second kappa shape index (κ2) is 7.75. The lowest BCUT2D eigenvalue weighted by Gasteiger charge is -2.37. The van der Waals surface area contributed by atoms with Crippen LogP contribution in [0.3, 0.4) is 0 Å². The summed E-state index contributed by atoms with van der Waals surface area (Å²) in [4.78, 5) is 18.5. The van der Waals surface area contributed by atoms with Crippen LogP contribution in [0.5, 0.6) is 5.75 Å². The van der Waals surface area contributed by atoms with Gasteiger partial charge in [-0.05, 0) is 25.1 Å². The molecule has 1 saturated heterocycles. The minimum absolute atomic E-state index is 0.198. The van der Waals surface area contributed by atoms with Gasteiger partial charge >= 0.3 is 0 Å². The fraction of sp³-hybridized carbons (Fsp3) is 0.412. The number of carbonyl (C=O) groups excluding carboxylic acids is 1. The van der Waals surface area contributed by atoms with Crippen LogP contribution in [0.1, 0.15) is 15.2 Å². The third-order valence-corrected chi connectivity index (χ3v) is 6.68. The molecular weight excluding hydrogens is 410 g/mol. The second-order valence-corrected chi connectivity index (χ2v) is 10.1. The van der Waals surface area contributed by atoms with Crippen molar-refractivity contribution in [3.8, 4) is 5.75 Å². The molecule has 1 aromatic heterocycles. The molecule has 0 bridgehead atoms. The fourth-order valence-corrected chi connectivity index (χ4v) is 4.88. The van der Waals surface area contributed by atoms with Crippen molar-refractivity contribution >= 4 is 38.9 Å². The van der Waals surface area contributed by atoms with Crippen LogP contribution >= 0.6 is 22.9 Å². The van der Waals surface area contributed by atoms with Gasteiger partial charge in [-0.3, -0.25) is 4.79 Å². The lowest BCUT2D eigenvalue weighted by molar-refractivity contribution is 0.0994. The second-order valence-electron chi connectivity index (χ2n) is 6.48. The summed E-state index contributed by atoms with van der Waals surface area (Å²) >= 11 is 7.40. The van der Waals surface area contributed by atoms with Gasteiger partial charge in [0.05, 0.1) is 18.9 Å². The molecule has 1 amide bonds. The monoisotopic (exact) mass is 429 g/mol. The lowest BCUT2D eigenvalue weighted by Crippen LogP contribution is -2.51. The molecule has 1 aromatic carbocycles. The third kappa shape index (κ3) is 4.60. The average molecular weight is 430 g/mol. The number of hydrogen-bond acceptors (Lipinski definition) is 5. The number of rotatable bonds is 5. The molecule has 146 valence electrons. The molecule has 0 atom stereocenters. The van der Waals surface area contributed by atoms with E-state index in [1.54, 1.807) is 12.1 Å². The summed E-state index contributed by atoms with van der Waals surface area (Å²) in [5, 5.41) is 0.430. The van der Waals surface area contributed by atoms with Gasteiger partial charge in [-0.1, -0.05) is 11.6 Å². The van der Waals surface area contributed by atoms with Gasteiger partial charge < -0.3 is 9.30 Å². The Morgan fingerprint density at radius 2 is 2.11 bits per heavy atom. The standard InChI is InChI=1S/C17H20ClN3O4S2/c1-11-7-20(8-12-9-21(10-12)27(3,23)24)17(26-11)19-16(22)14-6-13(18)4-5-15(14)25-2/h4-7,12H,8-10H2,1-3H3/b19-17-. The lowest BCUT2D eigenvalue weighted by atomic mass is 10.0. The highest BCUT2D eigenvalue weighted by molar-refractivity contribution is 7.88. The zero-order chi connectivity index (χ0) is 19.8. The summed E-state index contributed by atoms with van der Waals surface area (Å²) in [7, 11) is -1.65. The highest BCUT2D eigenvalue weighted by Gasteiger charge is 2.33. The maximum absolute atomic E-state index is 12.7. The van der Waals surface area contributed by atoms with Gasteiger partial charge in [0, 0.05) is 41.6 Å². The van der Waals surface area contributed by atoms with Gasteiger partial charge in [-0.15, -0.1) is 11.3 Å². The van der Waals surface area contributed by atoms with Crippen LogP contribution in [0.2, 0.25) is 5.02 Å². The first kappa shape index (κ1) is 20.1. The van der Waals surface area contributed by atoms with E-state index in [0.29, 0.717) is 40.8 Å². The van der Waals surface area contributed by atoms with E-state index in [1.165, 1.54) is 35.1 Å². The molecule has 1 aliphatic heterocycles. The predicted octanol–water partition coefficient (Wildman–Crippen LogP) is 2.15. The topological polar surface area (TPSA) is 81.0 Å². The number of methoxy groups -OCH3 is 1. The van der Waals surface area contributed by atoms with Crippen molar-refractivity contribution in [2.45, 2.75) is 13.5 Å². The Labute approximate surface area is 166 Å². The average Bonchev–Trinajstić information content (AvgIpc) is 2.88. The largest absolute Gasteiger partial charge is 0.496 e. The first-order valence-electron chi connectivity index (χ1n) is 8.22. The molecule has 2 aromatic rings. The Hall–Kier alpha value is -1.68. The van der Waals surface area contributed by atoms with E-state index in [-0.39, 0.29) is 5.92 Å². The van der Waals surface area contributed by atoms with Crippen molar-refractivity contribution in [2.24, 2.45) is 10.9 Å². The molecule has 7 nitrogen and oxygen atoms in total. The number of benzene rings is 1. The van der Waals surface area contributed by atoms with Gasteiger partial charge in [-0.2, -0.15) is 4.99 Å². The summed E-state index contributed by atoms with van der Waals surface area (Å²) in [6.07, 6.45) is 3.14. The maximum Gasteiger partial charge on any atom is 0.283 e. The quantitative estimate of drug-likeness (QED) is 0.729. The number of aromatic nitrogens is 1.